The topological polar surface area (TPSA) is 43.9 Å². The van der Waals surface area contributed by atoms with Crippen LogP contribution in [-0.2, 0) is 17.8 Å². The molecule has 5 heteroatoms. The number of hydrogen-bond acceptors (Lipinski definition) is 3. The molecule has 0 saturated carbocycles. The van der Waals surface area contributed by atoms with Crippen LogP contribution in [0.5, 0.6) is 0 Å². The second kappa shape index (κ2) is 9.91. The SMILES string of the molecule is CN1C(=O)C2(CCN(C(=O)c3ccccc3CN3CCCCC3)CC2)C[C@H]1Cc1ccccc1. The van der Waals surface area contributed by atoms with Crippen molar-refractivity contribution in [2.24, 2.45) is 5.41 Å². The second-order valence-corrected chi connectivity index (χ2v) is 10.5. The third-order valence-electron chi connectivity index (χ3n) is 8.36. The minimum Gasteiger partial charge on any atom is -0.342 e. The van der Waals surface area contributed by atoms with Crippen LogP contribution >= 0.6 is 0 Å². The van der Waals surface area contributed by atoms with Gasteiger partial charge in [-0.15, -0.1) is 0 Å². The summed E-state index contributed by atoms with van der Waals surface area (Å²) in [6, 6.07) is 18.8. The standard InChI is InChI=1S/C29H37N3O2/c1-30-25(20-23-10-4-2-5-11-23)21-29(28(30)34)14-18-32(19-15-29)27(33)26-13-7-6-12-24(26)22-31-16-8-3-9-17-31/h2,4-7,10-13,25H,3,8-9,14-22H2,1H3/t25-/m1/s1. The fraction of sp³-hybridized carbons (Fsp3) is 0.517. The van der Waals surface area contributed by atoms with Gasteiger partial charge in [0, 0.05) is 38.3 Å². The van der Waals surface area contributed by atoms with E-state index in [2.05, 4.69) is 35.2 Å². The molecule has 0 N–H and O–H groups in total. The van der Waals surface area contributed by atoms with E-state index in [1.807, 2.05) is 41.1 Å². The van der Waals surface area contributed by atoms with Gasteiger partial charge in [-0.05, 0) is 68.8 Å². The van der Waals surface area contributed by atoms with Gasteiger partial charge in [-0.2, -0.15) is 0 Å². The van der Waals surface area contributed by atoms with E-state index in [9.17, 15) is 9.59 Å². The van der Waals surface area contributed by atoms with Crippen molar-refractivity contribution in [2.45, 2.75) is 57.5 Å². The lowest BCUT2D eigenvalue weighted by Crippen LogP contribution is -2.46. The summed E-state index contributed by atoms with van der Waals surface area (Å²) in [6.45, 7) is 4.41. The van der Waals surface area contributed by atoms with Gasteiger partial charge < -0.3 is 9.80 Å². The summed E-state index contributed by atoms with van der Waals surface area (Å²) in [6.07, 6.45) is 7.13. The van der Waals surface area contributed by atoms with Crippen LogP contribution in [0.4, 0.5) is 0 Å². The van der Waals surface area contributed by atoms with Gasteiger partial charge >= 0.3 is 0 Å². The number of piperidine rings is 2. The zero-order valence-corrected chi connectivity index (χ0v) is 20.4. The van der Waals surface area contributed by atoms with Crippen LogP contribution in [0.25, 0.3) is 0 Å². The van der Waals surface area contributed by atoms with Crippen LogP contribution in [0, 0.1) is 5.41 Å². The third kappa shape index (κ3) is 4.63. The predicted molar refractivity (Wildman–Crippen MR) is 134 cm³/mol. The molecule has 5 nitrogen and oxygen atoms in total. The average Bonchev–Trinajstić information content (AvgIpc) is 3.10. The van der Waals surface area contributed by atoms with E-state index < -0.39 is 0 Å². The quantitative estimate of drug-likeness (QED) is 0.667. The molecule has 3 fully saturated rings. The van der Waals surface area contributed by atoms with Crippen LogP contribution in [-0.4, -0.2) is 65.8 Å². The first-order chi connectivity index (χ1) is 16.6. The number of nitrogens with zero attached hydrogens (tertiary/aromatic N) is 3. The highest BCUT2D eigenvalue weighted by molar-refractivity contribution is 5.96. The Morgan fingerprint density at radius 2 is 1.59 bits per heavy atom. The van der Waals surface area contributed by atoms with Crippen molar-refractivity contribution in [3.05, 3.63) is 71.3 Å². The lowest BCUT2D eigenvalue weighted by Gasteiger charge is -2.38. The van der Waals surface area contributed by atoms with Gasteiger partial charge in [-0.1, -0.05) is 55.0 Å². The van der Waals surface area contributed by atoms with E-state index in [-0.39, 0.29) is 23.3 Å². The summed E-state index contributed by atoms with van der Waals surface area (Å²) in [4.78, 5) is 33.3. The molecule has 34 heavy (non-hydrogen) atoms. The van der Waals surface area contributed by atoms with Gasteiger partial charge in [0.25, 0.3) is 5.91 Å². The van der Waals surface area contributed by atoms with E-state index >= 15 is 0 Å². The molecule has 0 aliphatic carbocycles. The fourth-order valence-corrected chi connectivity index (χ4v) is 6.26. The van der Waals surface area contributed by atoms with Crippen LogP contribution in [0.3, 0.4) is 0 Å². The molecular weight excluding hydrogens is 422 g/mol. The summed E-state index contributed by atoms with van der Waals surface area (Å²) in [7, 11) is 1.96. The molecular formula is C29H37N3O2. The first-order valence-corrected chi connectivity index (χ1v) is 13.0. The third-order valence-corrected chi connectivity index (χ3v) is 8.36. The molecule has 3 aliphatic heterocycles. The maximum Gasteiger partial charge on any atom is 0.254 e. The maximum absolute atomic E-state index is 13.5. The molecule has 0 aromatic heterocycles. The average molecular weight is 460 g/mol. The van der Waals surface area contributed by atoms with Crippen molar-refractivity contribution in [3.63, 3.8) is 0 Å². The Labute approximate surface area is 203 Å². The molecule has 3 aliphatic rings. The normalized spacial score (nSPS) is 23.0. The molecule has 2 aromatic carbocycles. The maximum atomic E-state index is 13.5. The Bertz CT molecular complexity index is 1010. The van der Waals surface area contributed by atoms with Gasteiger partial charge in [0.1, 0.15) is 0 Å². The zero-order valence-electron chi connectivity index (χ0n) is 20.4. The molecule has 3 saturated heterocycles. The molecule has 180 valence electrons. The Morgan fingerprint density at radius 1 is 0.912 bits per heavy atom. The highest BCUT2D eigenvalue weighted by atomic mass is 16.2. The highest BCUT2D eigenvalue weighted by Gasteiger charge is 2.51. The number of likely N-dealkylation sites (N-methyl/N-ethyl adjacent to an activating group) is 1. The Balaban J connectivity index is 1.24. The van der Waals surface area contributed by atoms with Crippen molar-refractivity contribution in [1.82, 2.24) is 14.7 Å². The van der Waals surface area contributed by atoms with Crippen LogP contribution in [0.15, 0.2) is 54.6 Å². The van der Waals surface area contributed by atoms with Crippen LogP contribution < -0.4 is 0 Å². The van der Waals surface area contributed by atoms with Crippen LogP contribution in [0.2, 0.25) is 0 Å². The number of amides is 2. The number of carbonyl (C=O) groups excluding carboxylic acids is 2. The highest BCUT2D eigenvalue weighted by Crippen LogP contribution is 2.45. The van der Waals surface area contributed by atoms with Gasteiger partial charge in [0.2, 0.25) is 5.91 Å². The van der Waals surface area contributed by atoms with Crippen LogP contribution in [0.1, 0.15) is 60.0 Å². The largest absolute Gasteiger partial charge is 0.342 e. The first kappa shape index (κ1) is 23.1. The smallest absolute Gasteiger partial charge is 0.254 e. The zero-order chi connectivity index (χ0) is 23.5. The first-order valence-electron chi connectivity index (χ1n) is 13.0. The number of rotatable bonds is 5. The van der Waals surface area contributed by atoms with E-state index in [1.54, 1.807) is 0 Å². The van der Waals surface area contributed by atoms with E-state index in [0.717, 1.165) is 56.4 Å². The lowest BCUT2D eigenvalue weighted by atomic mass is 9.75. The molecule has 2 amide bonds. The fourth-order valence-electron chi connectivity index (χ4n) is 6.26. The van der Waals surface area contributed by atoms with Gasteiger partial charge in [0.15, 0.2) is 0 Å². The minimum absolute atomic E-state index is 0.127. The van der Waals surface area contributed by atoms with Crippen molar-refractivity contribution in [1.29, 1.82) is 0 Å². The summed E-state index contributed by atoms with van der Waals surface area (Å²) >= 11 is 0. The van der Waals surface area contributed by atoms with Crippen molar-refractivity contribution in [2.75, 3.05) is 33.2 Å². The Morgan fingerprint density at radius 3 is 2.32 bits per heavy atom. The van der Waals surface area contributed by atoms with Crippen molar-refractivity contribution < 1.29 is 9.59 Å². The molecule has 5 rings (SSSR count). The predicted octanol–water partition coefficient (Wildman–Crippen LogP) is 4.37. The van der Waals surface area contributed by atoms with Gasteiger partial charge in [0.05, 0.1) is 5.41 Å². The van der Waals surface area contributed by atoms with E-state index in [0.29, 0.717) is 13.1 Å². The molecule has 0 radical (unpaired) electrons. The lowest BCUT2D eigenvalue weighted by molar-refractivity contribution is -0.137. The summed E-state index contributed by atoms with van der Waals surface area (Å²) in [5, 5.41) is 0. The van der Waals surface area contributed by atoms with Crippen molar-refractivity contribution in [3.8, 4) is 0 Å². The molecule has 0 bridgehead atoms. The molecule has 0 unspecified atom stereocenters. The minimum atomic E-state index is -0.307. The number of likely N-dealkylation sites (tertiary alicyclic amines) is 3. The monoisotopic (exact) mass is 459 g/mol. The summed E-state index contributed by atoms with van der Waals surface area (Å²) in [5.74, 6) is 0.396. The molecule has 3 heterocycles. The summed E-state index contributed by atoms with van der Waals surface area (Å²) < 4.78 is 0. The van der Waals surface area contributed by atoms with Gasteiger partial charge in [-0.25, -0.2) is 0 Å². The Kier molecular flexibility index (Phi) is 6.73. The van der Waals surface area contributed by atoms with Crippen molar-refractivity contribution >= 4 is 11.8 Å². The molecule has 1 spiro atoms. The number of carbonyl (C=O) groups is 2. The second-order valence-electron chi connectivity index (χ2n) is 10.5. The number of hydrogen-bond donors (Lipinski definition) is 0. The summed E-state index contributed by atoms with van der Waals surface area (Å²) in [5.41, 5.74) is 2.94. The molecule has 1 atom stereocenters. The van der Waals surface area contributed by atoms with E-state index in [1.165, 1.54) is 24.8 Å². The number of benzene rings is 2. The van der Waals surface area contributed by atoms with Gasteiger partial charge in [-0.3, -0.25) is 14.5 Å². The van der Waals surface area contributed by atoms with E-state index in [4.69, 9.17) is 0 Å². The Hall–Kier alpha value is -2.66. The molecule has 2 aromatic rings.